The maximum Gasteiger partial charge on any atom is 0.260 e. The lowest BCUT2D eigenvalue weighted by atomic mass is 9.77. The molecule has 1 unspecified atom stereocenters. The maximum atomic E-state index is 13.3. The van der Waals surface area contributed by atoms with Crippen LogP contribution in [-0.4, -0.2) is 27.5 Å². The Labute approximate surface area is 151 Å². The molecule has 2 aromatic rings. The van der Waals surface area contributed by atoms with Crippen molar-refractivity contribution >= 4 is 11.7 Å². The molecular formula is C18H16F5N3O. The van der Waals surface area contributed by atoms with Crippen LogP contribution in [0.2, 0.25) is 0 Å². The van der Waals surface area contributed by atoms with Gasteiger partial charge in [-0.05, 0) is 17.7 Å². The molecule has 4 rings (SSSR count). The number of nitrogens with zero attached hydrogens (tertiary/aromatic N) is 2. The van der Waals surface area contributed by atoms with Gasteiger partial charge in [-0.15, -0.1) is 0 Å². The number of anilines is 1. The van der Waals surface area contributed by atoms with Crippen molar-refractivity contribution in [3.63, 3.8) is 0 Å². The van der Waals surface area contributed by atoms with Gasteiger partial charge in [-0.1, -0.05) is 12.1 Å². The van der Waals surface area contributed by atoms with E-state index in [1.807, 2.05) is 0 Å². The second-order valence-corrected chi connectivity index (χ2v) is 7.21. The number of aromatic nitrogens is 2. The molecule has 2 aliphatic rings. The number of nitrogens with one attached hydrogen (secondary N) is 1. The fraction of sp³-hybridized carbons (Fsp3) is 0.444. The van der Waals surface area contributed by atoms with Gasteiger partial charge >= 0.3 is 0 Å². The Bertz CT molecular complexity index is 898. The van der Waals surface area contributed by atoms with Crippen LogP contribution in [0.5, 0.6) is 0 Å². The van der Waals surface area contributed by atoms with Crippen LogP contribution in [0.25, 0.3) is 11.1 Å². The number of benzene rings is 1. The van der Waals surface area contributed by atoms with Crippen molar-refractivity contribution in [3.05, 3.63) is 35.8 Å². The Kier molecular flexibility index (Phi) is 3.83. The van der Waals surface area contributed by atoms with Crippen LogP contribution in [-0.2, 0) is 11.8 Å². The minimum atomic E-state index is -3.03. The van der Waals surface area contributed by atoms with E-state index >= 15 is 0 Å². The zero-order valence-electron chi connectivity index (χ0n) is 14.3. The highest BCUT2D eigenvalue weighted by atomic mass is 19.3. The molecule has 27 heavy (non-hydrogen) atoms. The molecule has 1 heterocycles. The van der Waals surface area contributed by atoms with Crippen LogP contribution >= 0.6 is 0 Å². The summed E-state index contributed by atoms with van der Waals surface area (Å²) >= 11 is 0. The largest absolute Gasteiger partial charge is 0.310 e. The van der Waals surface area contributed by atoms with Gasteiger partial charge in [0, 0.05) is 37.8 Å². The standard InChI is InChI=1S/C18H16F5N3O/c1-26-15(24-16(27)12-8-18(12,22)23)13(9-2-4-11(19)5-3-9)14(25-26)10-6-17(20,21)7-10/h2-5,10,12H,6-8H2,1H3,(H,24,27). The number of hydrogen-bond donors (Lipinski definition) is 1. The number of amides is 1. The molecule has 0 saturated heterocycles. The lowest BCUT2D eigenvalue weighted by Gasteiger charge is -2.34. The third kappa shape index (κ3) is 3.19. The van der Waals surface area contributed by atoms with Gasteiger partial charge in [-0.2, -0.15) is 5.10 Å². The molecule has 1 atom stereocenters. The van der Waals surface area contributed by atoms with Gasteiger partial charge in [0.15, 0.2) is 0 Å². The van der Waals surface area contributed by atoms with E-state index in [4.69, 9.17) is 0 Å². The molecule has 2 aliphatic carbocycles. The number of carbonyl (C=O) groups is 1. The number of rotatable bonds is 4. The monoisotopic (exact) mass is 385 g/mol. The molecule has 144 valence electrons. The fourth-order valence-electron chi connectivity index (χ4n) is 3.43. The molecule has 9 heteroatoms. The van der Waals surface area contributed by atoms with Crippen molar-refractivity contribution < 1.29 is 26.7 Å². The Morgan fingerprint density at radius 1 is 1.15 bits per heavy atom. The van der Waals surface area contributed by atoms with Crippen molar-refractivity contribution in [3.8, 4) is 11.1 Å². The van der Waals surface area contributed by atoms with E-state index in [1.165, 1.54) is 36.0 Å². The second-order valence-electron chi connectivity index (χ2n) is 7.21. The first-order valence-electron chi connectivity index (χ1n) is 8.47. The molecular weight excluding hydrogens is 369 g/mol. The number of hydrogen-bond acceptors (Lipinski definition) is 2. The van der Waals surface area contributed by atoms with Crippen LogP contribution < -0.4 is 5.32 Å². The Balaban J connectivity index is 1.72. The summed E-state index contributed by atoms with van der Waals surface area (Å²) in [5, 5.41) is 6.71. The van der Waals surface area contributed by atoms with E-state index in [0.29, 0.717) is 16.8 Å². The highest BCUT2D eigenvalue weighted by Gasteiger charge is 2.61. The summed E-state index contributed by atoms with van der Waals surface area (Å²) in [6.45, 7) is 0. The molecule has 0 aliphatic heterocycles. The van der Waals surface area contributed by atoms with Gasteiger partial charge in [0.1, 0.15) is 17.6 Å². The van der Waals surface area contributed by atoms with Gasteiger partial charge < -0.3 is 5.32 Å². The van der Waals surface area contributed by atoms with Crippen LogP contribution in [0.3, 0.4) is 0 Å². The average molecular weight is 385 g/mol. The quantitative estimate of drug-likeness (QED) is 0.797. The summed E-state index contributed by atoms with van der Waals surface area (Å²) in [5.74, 6) is -8.94. The Hall–Kier alpha value is -2.45. The topological polar surface area (TPSA) is 46.9 Å². The predicted octanol–water partition coefficient (Wildman–Crippen LogP) is 4.33. The molecule has 0 bridgehead atoms. The van der Waals surface area contributed by atoms with Crippen LogP contribution in [0.4, 0.5) is 27.8 Å². The molecule has 0 spiro atoms. The van der Waals surface area contributed by atoms with Crippen molar-refractivity contribution in [1.82, 2.24) is 9.78 Å². The molecule has 2 saturated carbocycles. The molecule has 1 aromatic heterocycles. The summed E-state index contributed by atoms with van der Waals surface area (Å²) in [6, 6.07) is 5.27. The first-order valence-corrected chi connectivity index (χ1v) is 8.47. The number of carbonyl (C=O) groups excluding carboxylic acids is 1. The molecule has 0 radical (unpaired) electrons. The van der Waals surface area contributed by atoms with Crippen LogP contribution in [0.15, 0.2) is 24.3 Å². The molecule has 1 amide bonds. The van der Waals surface area contributed by atoms with Gasteiger partial charge in [0.05, 0.1) is 5.69 Å². The Morgan fingerprint density at radius 3 is 2.26 bits per heavy atom. The summed E-state index contributed by atoms with van der Waals surface area (Å²) in [6.07, 6.45) is -1.29. The van der Waals surface area contributed by atoms with Gasteiger partial charge in [0.2, 0.25) is 11.8 Å². The van der Waals surface area contributed by atoms with E-state index in [1.54, 1.807) is 0 Å². The van der Waals surface area contributed by atoms with Gasteiger partial charge in [-0.3, -0.25) is 9.48 Å². The summed E-state index contributed by atoms with van der Waals surface area (Å²) in [7, 11) is 1.49. The first kappa shape index (κ1) is 17.9. The third-order valence-electron chi connectivity index (χ3n) is 5.07. The van der Waals surface area contributed by atoms with Crippen LogP contribution in [0.1, 0.15) is 30.9 Å². The normalized spacial score (nSPS) is 23.0. The minimum Gasteiger partial charge on any atom is -0.310 e. The SMILES string of the molecule is Cn1nc(C2CC(F)(F)C2)c(-c2ccc(F)cc2)c1NC(=O)C1CC1(F)F. The zero-order chi connectivity index (χ0) is 19.6. The van der Waals surface area contributed by atoms with Crippen molar-refractivity contribution in [2.45, 2.75) is 37.0 Å². The average Bonchev–Trinajstić information content (AvgIpc) is 3.09. The molecule has 1 N–H and O–H groups in total. The summed E-state index contributed by atoms with van der Waals surface area (Å²) < 4.78 is 67.6. The fourth-order valence-corrected chi connectivity index (χ4v) is 3.43. The highest BCUT2D eigenvalue weighted by molar-refractivity contribution is 5.98. The summed E-state index contributed by atoms with van der Waals surface area (Å²) in [4.78, 5) is 12.1. The van der Waals surface area contributed by atoms with Gasteiger partial charge in [0.25, 0.3) is 5.92 Å². The van der Waals surface area contributed by atoms with E-state index in [0.717, 1.165) is 0 Å². The zero-order valence-corrected chi connectivity index (χ0v) is 14.3. The molecule has 2 fully saturated rings. The van der Waals surface area contributed by atoms with Crippen molar-refractivity contribution in [2.24, 2.45) is 13.0 Å². The highest BCUT2D eigenvalue weighted by Crippen LogP contribution is 2.52. The predicted molar refractivity (Wildman–Crippen MR) is 87.2 cm³/mol. The minimum absolute atomic E-state index is 0.138. The van der Waals surface area contributed by atoms with Crippen molar-refractivity contribution in [2.75, 3.05) is 5.32 Å². The van der Waals surface area contributed by atoms with Crippen molar-refractivity contribution in [1.29, 1.82) is 0 Å². The van der Waals surface area contributed by atoms with E-state index in [9.17, 15) is 26.7 Å². The lowest BCUT2D eigenvalue weighted by molar-refractivity contribution is -0.119. The van der Waals surface area contributed by atoms with E-state index in [2.05, 4.69) is 10.4 Å². The van der Waals surface area contributed by atoms with Gasteiger partial charge in [-0.25, -0.2) is 22.0 Å². The second kappa shape index (κ2) is 5.77. The smallest absolute Gasteiger partial charge is 0.260 e. The lowest BCUT2D eigenvalue weighted by Crippen LogP contribution is -2.34. The molecule has 1 aromatic carbocycles. The maximum absolute atomic E-state index is 13.3. The third-order valence-corrected chi connectivity index (χ3v) is 5.07. The number of alkyl halides is 4. The molecule has 4 nitrogen and oxygen atoms in total. The number of aryl methyl sites for hydroxylation is 1. The summed E-state index contributed by atoms with van der Waals surface area (Å²) in [5.41, 5.74) is 1.16. The number of halogens is 5. The van der Waals surface area contributed by atoms with Crippen LogP contribution in [0, 0.1) is 11.7 Å². The Morgan fingerprint density at radius 2 is 1.74 bits per heavy atom. The van der Waals surface area contributed by atoms with E-state index < -0.39 is 41.8 Å². The first-order chi connectivity index (χ1) is 12.6. The van der Waals surface area contributed by atoms with E-state index in [-0.39, 0.29) is 18.7 Å².